The van der Waals surface area contributed by atoms with Gasteiger partial charge in [0.05, 0.1) is 0 Å². The van der Waals surface area contributed by atoms with Gasteiger partial charge < -0.3 is 10.0 Å². The van der Waals surface area contributed by atoms with Crippen LogP contribution in [0.25, 0.3) is 0 Å². The summed E-state index contributed by atoms with van der Waals surface area (Å²) in [5.74, 6) is -1.23. The second kappa shape index (κ2) is 5.30. The van der Waals surface area contributed by atoms with E-state index in [-0.39, 0.29) is 5.91 Å². The summed E-state index contributed by atoms with van der Waals surface area (Å²) >= 11 is 0. The highest BCUT2D eigenvalue weighted by molar-refractivity contribution is 5.82. The molecule has 86 valence electrons. The van der Waals surface area contributed by atoms with Crippen molar-refractivity contribution >= 4 is 11.9 Å². The van der Waals surface area contributed by atoms with E-state index in [0.29, 0.717) is 6.42 Å². The Hall–Kier alpha value is -1.84. The van der Waals surface area contributed by atoms with Gasteiger partial charge in [0.15, 0.2) is 0 Å². The van der Waals surface area contributed by atoms with Gasteiger partial charge in [0.2, 0.25) is 5.91 Å². The molecular formula is C12H15NO3. The van der Waals surface area contributed by atoms with Crippen LogP contribution >= 0.6 is 0 Å². The summed E-state index contributed by atoms with van der Waals surface area (Å²) in [6.07, 6.45) is 0.326. The van der Waals surface area contributed by atoms with Crippen LogP contribution in [-0.2, 0) is 16.0 Å². The third-order valence-corrected chi connectivity index (χ3v) is 2.52. The van der Waals surface area contributed by atoms with E-state index < -0.39 is 12.0 Å². The summed E-state index contributed by atoms with van der Waals surface area (Å²) in [5, 5.41) is 9.06. The molecule has 1 rings (SSSR count). The van der Waals surface area contributed by atoms with Crippen LogP contribution in [0.1, 0.15) is 12.5 Å². The first-order valence-electron chi connectivity index (χ1n) is 5.02. The smallest absolute Gasteiger partial charge is 0.326 e. The minimum atomic E-state index is -0.985. The molecule has 16 heavy (non-hydrogen) atoms. The van der Waals surface area contributed by atoms with E-state index in [9.17, 15) is 9.59 Å². The molecule has 0 unspecified atom stereocenters. The summed E-state index contributed by atoms with van der Waals surface area (Å²) in [6.45, 7) is 1.36. The first kappa shape index (κ1) is 12.2. The highest BCUT2D eigenvalue weighted by Crippen LogP contribution is 2.08. The van der Waals surface area contributed by atoms with Gasteiger partial charge in [-0.1, -0.05) is 30.3 Å². The van der Waals surface area contributed by atoms with Crippen molar-refractivity contribution in [3.63, 3.8) is 0 Å². The van der Waals surface area contributed by atoms with Gasteiger partial charge in [-0.2, -0.15) is 0 Å². The van der Waals surface area contributed by atoms with Crippen molar-refractivity contribution in [1.82, 2.24) is 4.90 Å². The van der Waals surface area contributed by atoms with Crippen LogP contribution in [-0.4, -0.2) is 35.0 Å². The Morgan fingerprint density at radius 2 is 1.88 bits per heavy atom. The minimum Gasteiger partial charge on any atom is -0.480 e. The van der Waals surface area contributed by atoms with Gasteiger partial charge in [-0.05, 0) is 5.56 Å². The normalized spacial score (nSPS) is 11.9. The molecular weight excluding hydrogens is 206 g/mol. The third kappa shape index (κ3) is 3.08. The quantitative estimate of drug-likeness (QED) is 0.830. The van der Waals surface area contributed by atoms with Gasteiger partial charge in [-0.15, -0.1) is 0 Å². The standard InChI is InChI=1S/C12H15NO3/c1-9(14)13(2)11(12(15)16)8-10-6-4-3-5-7-10/h3-7,11H,8H2,1-2H3,(H,15,16)/t11-/m1/s1. The molecule has 0 spiro atoms. The number of amides is 1. The highest BCUT2D eigenvalue weighted by atomic mass is 16.4. The summed E-state index contributed by atoms with van der Waals surface area (Å²) in [6, 6.07) is 8.46. The molecule has 0 saturated heterocycles. The molecule has 1 aromatic rings. The summed E-state index contributed by atoms with van der Waals surface area (Å²) in [4.78, 5) is 23.4. The summed E-state index contributed by atoms with van der Waals surface area (Å²) < 4.78 is 0. The Morgan fingerprint density at radius 1 is 1.31 bits per heavy atom. The Labute approximate surface area is 94.5 Å². The largest absolute Gasteiger partial charge is 0.480 e. The van der Waals surface area contributed by atoms with Crippen LogP contribution in [0.15, 0.2) is 30.3 Å². The van der Waals surface area contributed by atoms with E-state index in [4.69, 9.17) is 5.11 Å². The molecule has 0 radical (unpaired) electrons. The zero-order valence-corrected chi connectivity index (χ0v) is 9.38. The van der Waals surface area contributed by atoms with E-state index in [0.717, 1.165) is 5.56 Å². The van der Waals surface area contributed by atoms with E-state index in [1.54, 1.807) is 0 Å². The lowest BCUT2D eigenvalue weighted by Gasteiger charge is -2.23. The Bertz CT molecular complexity index is 375. The maximum absolute atomic E-state index is 11.1. The molecule has 0 aliphatic rings. The minimum absolute atomic E-state index is 0.247. The number of hydrogen-bond acceptors (Lipinski definition) is 2. The number of aliphatic carboxylic acids is 1. The van der Waals surface area contributed by atoms with Gasteiger partial charge in [-0.25, -0.2) is 4.79 Å². The third-order valence-electron chi connectivity index (χ3n) is 2.52. The topological polar surface area (TPSA) is 57.6 Å². The second-order valence-electron chi connectivity index (χ2n) is 3.67. The zero-order valence-electron chi connectivity index (χ0n) is 9.38. The number of carbonyl (C=O) groups excluding carboxylic acids is 1. The van der Waals surface area contributed by atoms with Crippen LogP contribution in [0, 0.1) is 0 Å². The number of likely N-dealkylation sites (N-methyl/N-ethyl adjacent to an activating group) is 1. The van der Waals surface area contributed by atoms with Crippen LogP contribution in [0.2, 0.25) is 0 Å². The van der Waals surface area contributed by atoms with Gasteiger partial charge in [0, 0.05) is 20.4 Å². The Morgan fingerprint density at radius 3 is 2.31 bits per heavy atom. The number of carbonyl (C=O) groups is 2. The number of nitrogens with zero attached hydrogens (tertiary/aromatic N) is 1. The van der Waals surface area contributed by atoms with Crippen molar-refractivity contribution in [2.75, 3.05) is 7.05 Å². The van der Waals surface area contributed by atoms with Gasteiger partial charge in [-0.3, -0.25) is 4.79 Å². The molecule has 4 nitrogen and oxygen atoms in total. The lowest BCUT2D eigenvalue weighted by atomic mass is 10.1. The molecule has 1 aromatic carbocycles. The van der Waals surface area contributed by atoms with Crippen LogP contribution < -0.4 is 0 Å². The maximum atomic E-state index is 11.1. The number of rotatable bonds is 4. The lowest BCUT2D eigenvalue weighted by Crippen LogP contribution is -2.42. The molecule has 1 amide bonds. The van der Waals surface area contributed by atoms with Crippen molar-refractivity contribution in [2.24, 2.45) is 0 Å². The molecule has 1 atom stereocenters. The molecule has 0 aliphatic heterocycles. The first-order valence-corrected chi connectivity index (χ1v) is 5.02. The van der Waals surface area contributed by atoms with Crippen LogP contribution in [0.3, 0.4) is 0 Å². The summed E-state index contributed by atoms with van der Waals surface area (Å²) in [5.41, 5.74) is 0.906. The Kier molecular flexibility index (Phi) is 4.05. The second-order valence-corrected chi connectivity index (χ2v) is 3.67. The van der Waals surface area contributed by atoms with Crippen molar-refractivity contribution < 1.29 is 14.7 Å². The van der Waals surface area contributed by atoms with Gasteiger partial charge in [0.25, 0.3) is 0 Å². The van der Waals surface area contributed by atoms with Crippen molar-refractivity contribution in [2.45, 2.75) is 19.4 Å². The number of carboxylic acid groups (broad SMARTS) is 1. The van der Waals surface area contributed by atoms with Crippen LogP contribution in [0.5, 0.6) is 0 Å². The molecule has 4 heteroatoms. The van der Waals surface area contributed by atoms with E-state index in [1.165, 1.54) is 18.9 Å². The zero-order chi connectivity index (χ0) is 12.1. The molecule has 0 aromatic heterocycles. The van der Waals surface area contributed by atoms with Crippen molar-refractivity contribution in [3.05, 3.63) is 35.9 Å². The van der Waals surface area contributed by atoms with E-state index in [1.807, 2.05) is 30.3 Å². The number of carboxylic acids is 1. The molecule has 1 N–H and O–H groups in total. The predicted octanol–water partition coefficient (Wildman–Crippen LogP) is 1.16. The molecule has 0 aliphatic carbocycles. The fourth-order valence-electron chi connectivity index (χ4n) is 1.45. The van der Waals surface area contributed by atoms with E-state index >= 15 is 0 Å². The molecule has 0 saturated carbocycles. The summed E-state index contributed by atoms with van der Waals surface area (Å²) in [7, 11) is 1.50. The highest BCUT2D eigenvalue weighted by Gasteiger charge is 2.24. The lowest BCUT2D eigenvalue weighted by molar-refractivity contribution is -0.148. The van der Waals surface area contributed by atoms with E-state index in [2.05, 4.69) is 0 Å². The predicted molar refractivity (Wildman–Crippen MR) is 60.0 cm³/mol. The van der Waals surface area contributed by atoms with Crippen molar-refractivity contribution in [1.29, 1.82) is 0 Å². The molecule has 0 heterocycles. The maximum Gasteiger partial charge on any atom is 0.326 e. The fourth-order valence-corrected chi connectivity index (χ4v) is 1.45. The van der Waals surface area contributed by atoms with Crippen LogP contribution in [0.4, 0.5) is 0 Å². The molecule has 0 fully saturated rings. The van der Waals surface area contributed by atoms with Gasteiger partial charge in [0.1, 0.15) is 6.04 Å². The SMILES string of the molecule is CC(=O)N(C)[C@H](Cc1ccccc1)C(=O)O. The molecule has 0 bridgehead atoms. The fraction of sp³-hybridized carbons (Fsp3) is 0.333. The number of benzene rings is 1. The first-order chi connectivity index (χ1) is 7.52. The average molecular weight is 221 g/mol. The monoisotopic (exact) mass is 221 g/mol. The average Bonchev–Trinajstić information content (AvgIpc) is 2.26. The van der Waals surface area contributed by atoms with Crippen molar-refractivity contribution in [3.8, 4) is 0 Å². The Balaban J connectivity index is 2.81. The van der Waals surface area contributed by atoms with Gasteiger partial charge >= 0.3 is 5.97 Å². The number of hydrogen-bond donors (Lipinski definition) is 1.